The number of H-pyrrole nitrogens is 1. The van der Waals surface area contributed by atoms with Gasteiger partial charge in [0.15, 0.2) is 0 Å². The minimum absolute atomic E-state index is 0.118. The summed E-state index contributed by atoms with van der Waals surface area (Å²) < 4.78 is 0. The molecule has 0 spiro atoms. The molecule has 2 N–H and O–H groups in total. The molecular formula is C17H28N4OS. The maximum absolute atomic E-state index is 12.1. The normalized spacial score (nSPS) is 21.0. The number of aromatic nitrogens is 3. The highest BCUT2D eigenvalue weighted by Gasteiger charge is 2.21. The van der Waals surface area contributed by atoms with Gasteiger partial charge in [-0.25, -0.2) is 4.98 Å². The Morgan fingerprint density at radius 2 is 1.70 bits per heavy atom. The lowest BCUT2D eigenvalue weighted by Gasteiger charge is -2.20. The average Bonchev–Trinajstić information content (AvgIpc) is 3.18. The number of hydrogen-bond acceptors (Lipinski definition) is 4. The van der Waals surface area contributed by atoms with Gasteiger partial charge in [-0.15, -0.1) is 5.10 Å². The lowest BCUT2D eigenvalue weighted by atomic mass is 9.97. The molecule has 0 saturated heterocycles. The zero-order valence-electron chi connectivity index (χ0n) is 13.9. The second-order valence-corrected chi connectivity index (χ2v) is 7.83. The molecule has 0 aliphatic heterocycles. The van der Waals surface area contributed by atoms with Crippen LogP contribution in [0.2, 0.25) is 0 Å². The molecule has 6 heteroatoms. The van der Waals surface area contributed by atoms with Gasteiger partial charge in [-0.3, -0.25) is 9.89 Å². The highest BCUT2D eigenvalue weighted by Crippen LogP contribution is 2.32. The average molecular weight is 337 g/mol. The lowest BCUT2D eigenvalue weighted by Crippen LogP contribution is -2.36. The monoisotopic (exact) mass is 336 g/mol. The van der Waals surface area contributed by atoms with E-state index in [1.165, 1.54) is 69.5 Å². The Morgan fingerprint density at radius 3 is 2.43 bits per heavy atom. The summed E-state index contributed by atoms with van der Waals surface area (Å²) >= 11 is 1.44. The first-order chi connectivity index (χ1) is 11.3. The summed E-state index contributed by atoms with van der Waals surface area (Å²) in [7, 11) is 0. The minimum Gasteiger partial charge on any atom is -0.353 e. The molecule has 0 bridgehead atoms. The predicted octanol–water partition coefficient (Wildman–Crippen LogP) is 3.78. The molecule has 1 aromatic heterocycles. The first-order valence-electron chi connectivity index (χ1n) is 9.16. The highest BCUT2D eigenvalue weighted by molar-refractivity contribution is 7.99. The molecule has 128 valence electrons. The maximum atomic E-state index is 12.1. The number of amides is 1. The van der Waals surface area contributed by atoms with Crippen molar-refractivity contribution >= 4 is 17.7 Å². The number of nitrogens with one attached hydrogen (secondary N) is 2. The summed E-state index contributed by atoms with van der Waals surface area (Å²) in [6.45, 7) is 0. The number of aromatic amines is 1. The molecule has 1 amide bonds. The van der Waals surface area contributed by atoms with Crippen LogP contribution in [-0.4, -0.2) is 32.9 Å². The van der Waals surface area contributed by atoms with Crippen molar-refractivity contribution in [1.82, 2.24) is 20.5 Å². The highest BCUT2D eigenvalue weighted by atomic mass is 32.2. The summed E-state index contributed by atoms with van der Waals surface area (Å²) in [6.07, 6.45) is 13.7. The van der Waals surface area contributed by atoms with Crippen molar-refractivity contribution in [2.45, 2.75) is 87.7 Å². The SMILES string of the molecule is O=C(CSc1n[nH]c(C2CCCC2)n1)NC1CCCCCCC1. The third kappa shape index (κ3) is 5.23. The molecule has 0 unspecified atom stereocenters. The largest absolute Gasteiger partial charge is 0.353 e. The third-order valence-corrected chi connectivity index (χ3v) is 5.87. The second-order valence-electron chi connectivity index (χ2n) is 6.88. The number of thioether (sulfide) groups is 1. The van der Waals surface area contributed by atoms with E-state index in [0.717, 1.165) is 18.7 Å². The fourth-order valence-electron chi connectivity index (χ4n) is 3.70. The lowest BCUT2D eigenvalue weighted by molar-refractivity contribution is -0.119. The fraction of sp³-hybridized carbons (Fsp3) is 0.824. The van der Waals surface area contributed by atoms with Crippen LogP contribution in [0.4, 0.5) is 0 Å². The van der Waals surface area contributed by atoms with E-state index in [9.17, 15) is 4.79 Å². The van der Waals surface area contributed by atoms with Crippen molar-refractivity contribution in [3.63, 3.8) is 0 Å². The van der Waals surface area contributed by atoms with Crippen LogP contribution in [0, 0.1) is 0 Å². The molecule has 1 aromatic rings. The predicted molar refractivity (Wildman–Crippen MR) is 92.6 cm³/mol. The summed E-state index contributed by atoms with van der Waals surface area (Å²) in [5, 5.41) is 11.2. The molecule has 1 heterocycles. The summed E-state index contributed by atoms with van der Waals surface area (Å²) in [4.78, 5) is 16.7. The van der Waals surface area contributed by atoms with Crippen LogP contribution in [-0.2, 0) is 4.79 Å². The van der Waals surface area contributed by atoms with E-state index in [-0.39, 0.29) is 5.91 Å². The quantitative estimate of drug-likeness (QED) is 0.803. The molecule has 23 heavy (non-hydrogen) atoms. The molecular weight excluding hydrogens is 308 g/mol. The van der Waals surface area contributed by atoms with Crippen molar-refractivity contribution in [3.8, 4) is 0 Å². The molecule has 2 saturated carbocycles. The second kappa shape index (κ2) is 8.71. The van der Waals surface area contributed by atoms with E-state index in [4.69, 9.17) is 0 Å². The van der Waals surface area contributed by atoms with Gasteiger partial charge in [0.05, 0.1) is 5.75 Å². The van der Waals surface area contributed by atoms with E-state index in [0.29, 0.717) is 22.9 Å². The minimum atomic E-state index is 0.118. The topological polar surface area (TPSA) is 70.7 Å². The van der Waals surface area contributed by atoms with E-state index in [1.54, 1.807) is 0 Å². The summed E-state index contributed by atoms with van der Waals surface area (Å²) in [5.74, 6) is 2.08. The molecule has 0 atom stereocenters. The van der Waals surface area contributed by atoms with Crippen LogP contribution in [0.3, 0.4) is 0 Å². The molecule has 0 aromatic carbocycles. The molecule has 0 radical (unpaired) electrons. The Hall–Kier alpha value is -1.04. The van der Waals surface area contributed by atoms with Gasteiger partial charge in [0.1, 0.15) is 5.82 Å². The van der Waals surface area contributed by atoms with Crippen molar-refractivity contribution in [2.24, 2.45) is 0 Å². The summed E-state index contributed by atoms with van der Waals surface area (Å²) in [5.41, 5.74) is 0. The zero-order chi connectivity index (χ0) is 15.9. The number of hydrogen-bond donors (Lipinski definition) is 2. The standard InChI is InChI=1S/C17H28N4OS/c22-15(18-14-10-4-2-1-3-5-11-14)12-23-17-19-16(20-21-17)13-8-6-7-9-13/h13-14H,1-12H2,(H,18,22)(H,19,20,21). The van der Waals surface area contributed by atoms with Crippen LogP contribution in [0.1, 0.15) is 82.4 Å². The first kappa shape index (κ1) is 16.8. The zero-order valence-corrected chi connectivity index (χ0v) is 14.7. The molecule has 5 nitrogen and oxygen atoms in total. The van der Waals surface area contributed by atoms with Crippen molar-refractivity contribution in [1.29, 1.82) is 0 Å². The molecule has 2 fully saturated rings. The summed E-state index contributed by atoms with van der Waals surface area (Å²) in [6, 6.07) is 0.365. The number of carbonyl (C=O) groups is 1. The van der Waals surface area contributed by atoms with E-state index >= 15 is 0 Å². The van der Waals surface area contributed by atoms with Crippen molar-refractivity contribution < 1.29 is 4.79 Å². The Bertz CT molecular complexity index is 491. The van der Waals surface area contributed by atoms with Crippen LogP contribution < -0.4 is 5.32 Å². The number of rotatable bonds is 5. The van der Waals surface area contributed by atoms with Gasteiger partial charge in [0.2, 0.25) is 11.1 Å². The molecule has 2 aliphatic carbocycles. The van der Waals surface area contributed by atoms with Crippen LogP contribution in [0.25, 0.3) is 0 Å². The smallest absolute Gasteiger partial charge is 0.230 e. The van der Waals surface area contributed by atoms with E-state index in [2.05, 4.69) is 20.5 Å². The van der Waals surface area contributed by atoms with Crippen LogP contribution >= 0.6 is 11.8 Å². The Balaban J connectivity index is 1.41. The van der Waals surface area contributed by atoms with Gasteiger partial charge in [0, 0.05) is 12.0 Å². The number of carbonyl (C=O) groups excluding carboxylic acids is 1. The first-order valence-corrected chi connectivity index (χ1v) is 10.1. The van der Waals surface area contributed by atoms with Gasteiger partial charge >= 0.3 is 0 Å². The van der Waals surface area contributed by atoms with Gasteiger partial charge < -0.3 is 5.32 Å². The van der Waals surface area contributed by atoms with Crippen LogP contribution in [0.5, 0.6) is 0 Å². The molecule has 2 aliphatic rings. The van der Waals surface area contributed by atoms with Crippen molar-refractivity contribution in [2.75, 3.05) is 5.75 Å². The number of nitrogens with zero attached hydrogens (tertiary/aromatic N) is 2. The van der Waals surface area contributed by atoms with E-state index in [1.807, 2.05) is 0 Å². The fourth-order valence-corrected chi connectivity index (χ4v) is 4.32. The van der Waals surface area contributed by atoms with Gasteiger partial charge in [-0.05, 0) is 25.7 Å². The van der Waals surface area contributed by atoms with Gasteiger partial charge in [-0.1, -0.05) is 56.7 Å². The maximum Gasteiger partial charge on any atom is 0.230 e. The van der Waals surface area contributed by atoms with Gasteiger partial charge in [0.25, 0.3) is 0 Å². The van der Waals surface area contributed by atoms with Crippen molar-refractivity contribution in [3.05, 3.63) is 5.82 Å². The Kier molecular flexibility index (Phi) is 6.37. The Labute approximate surface area is 142 Å². The molecule has 3 rings (SSSR count). The Morgan fingerprint density at radius 1 is 1.04 bits per heavy atom. The van der Waals surface area contributed by atoms with E-state index < -0.39 is 0 Å². The van der Waals surface area contributed by atoms with Gasteiger partial charge in [-0.2, -0.15) is 0 Å². The van der Waals surface area contributed by atoms with Crippen LogP contribution in [0.15, 0.2) is 5.16 Å². The third-order valence-electron chi connectivity index (χ3n) is 5.03.